The summed E-state index contributed by atoms with van der Waals surface area (Å²) in [7, 11) is 0. The van der Waals surface area contributed by atoms with E-state index in [1.807, 2.05) is 6.07 Å². The van der Waals surface area contributed by atoms with Gasteiger partial charge in [-0.25, -0.2) is 4.98 Å². The second kappa shape index (κ2) is 5.90. The molecular weight excluding hydrogens is 344 g/mol. The van der Waals surface area contributed by atoms with Crippen molar-refractivity contribution in [2.45, 2.75) is 0 Å². The lowest BCUT2D eigenvalue weighted by Gasteiger charge is -2.08. The van der Waals surface area contributed by atoms with Gasteiger partial charge in [0.15, 0.2) is 0 Å². The molecule has 2 rings (SSSR count). The molecule has 0 atom stereocenters. The molecule has 5 nitrogen and oxygen atoms in total. The Morgan fingerprint density at radius 1 is 1.40 bits per heavy atom. The quantitative estimate of drug-likeness (QED) is 0.869. The van der Waals surface area contributed by atoms with E-state index in [9.17, 15) is 4.79 Å². The Morgan fingerprint density at radius 3 is 2.85 bits per heavy atom. The number of carbonyl (C=O) groups is 1. The summed E-state index contributed by atoms with van der Waals surface area (Å²) in [6, 6.07) is 9.90. The van der Waals surface area contributed by atoms with Crippen LogP contribution in [0.1, 0.15) is 16.1 Å². The number of aromatic nitrogens is 1. The summed E-state index contributed by atoms with van der Waals surface area (Å²) in [5.41, 5.74) is 6.24. The molecule has 3 N–H and O–H groups in total. The second-order valence-corrected chi connectivity index (χ2v) is 5.15. The molecule has 0 aliphatic heterocycles. The van der Waals surface area contributed by atoms with Crippen LogP contribution in [0.2, 0.25) is 5.02 Å². The van der Waals surface area contributed by atoms with E-state index < -0.39 is 5.91 Å². The standard InChI is InChI=1S/C13H8BrClN4O/c14-8-2-1-7(6-16)10(5-8)18-13(20)12-9(15)3-4-11(17)19-12/h1-5H,(H2,17,19)(H,18,20). The molecule has 2 aromatic rings. The molecule has 0 radical (unpaired) electrons. The third-order valence-corrected chi connectivity index (χ3v) is 3.23. The first-order valence-corrected chi connectivity index (χ1v) is 6.61. The lowest BCUT2D eigenvalue weighted by molar-refractivity contribution is 0.102. The first kappa shape index (κ1) is 14.3. The van der Waals surface area contributed by atoms with Gasteiger partial charge in [0.25, 0.3) is 5.91 Å². The molecule has 100 valence electrons. The van der Waals surface area contributed by atoms with Crippen molar-refractivity contribution in [1.29, 1.82) is 5.26 Å². The number of halogens is 2. The fraction of sp³-hybridized carbons (Fsp3) is 0. The minimum absolute atomic E-state index is 0.00975. The van der Waals surface area contributed by atoms with E-state index in [1.165, 1.54) is 12.1 Å². The van der Waals surface area contributed by atoms with E-state index in [0.717, 1.165) is 4.47 Å². The maximum absolute atomic E-state index is 12.1. The molecule has 0 spiro atoms. The molecule has 1 heterocycles. The molecular formula is C13H8BrClN4O. The van der Waals surface area contributed by atoms with Gasteiger partial charge >= 0.3 is 0 Å². The number of nitrogen functional groups attached to an aromatic ring is 1. The van der Waals surface area contributed by atoms with Crippen LogP contribution >= 0.6 is 27.5 Å². The molecule has 20 heavy (non-hydrogen) atoms. The minimum Gasteiger partial charge on any atom is -0.384 e. The zero-order chi connectivity index (χ0) is 14.7. The third-order valence-electron chi connectivity index (χ3n) is 2.43. The number of nitriles is 1. The first-order valence-electron chi connectivity index (χ1n) is 5.44. The van der Waals surface area contributed by atoms with E-state index in [-0.39, 0.29) is 16.5 Å². The van der Waals surface area contributed by atoms with Crippen LogP contribution in [0.5, 0.6) is 0 Å². The van der Waals surface area contributed by atoms with Gasteiger partial charge in [0.2, 0.25) is 0 Å². The lowest BCUT2D eigenvalue weighted by atomic mass is 10.2. The SMILES string of the molecule is N#Cc1ccc(Br)cc1NC(=O)c1nc(N)ccc1Cl. The lowest BCUT2D eigenvalue weighted by Crippen LogP contribution is -2.16. The monoisotopic (exact) mass is 350 g/mol. The van der Waals surface area contributed by atoms with E-state index >= 15 is 0 Å². The van der Waals surface area contributed by atoms with Gasteiger partial charge in [-0.3, -0.25) is 4.79 Å². The topological polar surface area (TPSA) is 91.8 Å². The Labute approximate surface area is 128 Å². The van der Waals surface area contributed by atoms with Gasteiger partial charge in [0.05, 0.1) is 16.3 Å². The van der Waals surface area contributed by atoms with Gasteiger partial charge in [-0.15, -0.1) is 0 Å². The van der Waals surface area contributed by atoms with E-state index in [1.54, 1.807) is 18.2 Å². The summed E-state index contributed by atoms with van der Waals surface area (Å²) in [4.78, 5) is 16.0. The molecule has 1 aromatic heterocycles. The number of hydrogen-bond donors (Lipinski definition) is 2. The molecule has 0 fully saturated rings. The zero-order valence-corrected chi connectivity index (χ0v) is 12.4. The molecule has 0 unspecified atom stereocenters. The molecule has 0 bridgehead atoms. The maximum atomic E-state index is 12.1. The number of pyridine rings is 1. The number of amides is 1. The van der Waals surface area contributed by atoms with Gasteiger partial charge in [0, 0.05) is 4.47 Å². The first-order chi connectivity index (χ1) is 9.51. The fourth-order valence-corrected chi connectivity index (χ4v) is 2.07. The van der Waals surface area contributed by atoms with Crippen molar-refractivity contribution in [2.75, 3.05) is 11.1 Å². The predicted molar refractivity (Wildman–Crippen MR) is 80.5 cm³/mol. The van der Waals surface area contributed by atoms with Gasteiger partial charge in [0.1, 0.15) is 17.6 Å². The largest absolute Gasteiger partial charge is 0.384 e. The Bertz CT molecular complexity index is 727. The smallest absolute Gasteiger partial charge is 0.275 e. The summed E-state index contributed by atoms with van der Waals surface area (Å²) in [6.07, 6.45) is 0. The van der Waals surface area contributed by atoms with Crippen LogP contribution < -0.4 is 11.1 Å². The molecule has 1 aromatic carbocycles. The average Bonchev–Trinajstić information content (AvgIpc) is 2.41. The highest BCUT2D eigenvalue weighted by molar-refractivity contribution is 9.10. The van der Waals surface area contributed by atoms with Gasteiger partial charge in [-0.1, -0.05) is 27.5 Å². The Balaban J connectivity index is 2.35. The highest BCUT2D eigenvalue weighted by atomic mass is 79.9. The van der Waals surface area contributed by atoms with E-state index in [4.69, 9.17) is 22.6 Å². The number of nitrogens with two attached hydrogens (primary N) is 1. The zero-order valence-electron chi connectivity index (χ0n) is 10.0. The molecule has 7 heteroatoms. The van der Waals surface area contributed by atoms with E-state index in [0.29, 0.717) is 11.3 Å². The van der Waals surface area contributed by atoms with Crippen LogP contribution in [0.3, 0.4) is 0 Å². The van der Waals surface area contributed by atoms with E-state index in [2.05, 4.69) is 26.2 Å². The van der Waals surface area contributed by atoms with Crippen LogP contribution in [0.15, 0.2) is 34.8 Å². The Kier molecular flexibility index (Phi) is 4.23. The minimum atomic E-state index is -0.531. The van der Waals surface area contributed by atoms with Crippen LogP contribution in [0.25, 0.3) is 0 Å². The summed E-state index contributed by atoms with van der Waals surface area (Å²) < 4.78 is 0.735. The molecule has 0 aliphatic rings. The number of hydrogen-bond acceptors (Lipinski definition) is 4. The normalized spacial score (nSPS) is 9.85. The van der Waals surface area contributed by atoms with Crippen molar-refractivity contribution in [3.05, 3.63) is 51.1 Å². The van der Waals surface area contributed by atoms with Gasteiger partial charge < -0.3 is 11.1 Å². The van der Waals surface area contributed by atoms with Crippen molar-refractivity contribution < 1.29 is 4.79 Å². The summed E-state index contributed by atoms with van der Waals surface area (Å²) in [5.74, 6) is -0.341. The van der Waals surface area contributed by atoms with Crippen molar-refractivity contribution in [1.82, 2.24) is 4.98 Å². The molecule has 0 saturated carbocycles. The molecule has 1 amide bonds. The van der Waals surface area contributed by atoms with Crippen molar-refractivity contribution in [3.63, 3.8) is 0 Å². The maximum Gasteiger partial charge on any atom is 0.275 e. The predicted octanol–water partition coefficient (Wildman–Crippen LogP) is 3.20. The summed E-state index contributed by atoms with van der Waals surface area (Å²) in [5, 5.41) is 11.8. The van der Waals surface area contributed by atoms with Crippen molar-refractivity contribution in [3.8, 4) is 6.07 Å². The average molecular weight is 352 g/mol. The van der Waals surface area contributed by atoms with Crippen LogP contribution in [-0.2, 0) is 0 Å². The highest BCUT2D eigenvalue weighted by Crippen LogP contribution is 2.23. The highest BCUT2D eigenvalue weighted by Gasteiger charge is 2.14. The molecule has 0 aliphatic carbocycles. The summed E-state index contributed by atoms with van der Waals surface area (Å²) in [6.45, 7) is 0. The van der Waals surface area contributed by atoms with Gasteiger partial charge in [-0.2, -0.15) is 5.26 Å². The summed E-state index contributed by atoms with van der Waals surface area (Å²) >= 11 is 9.18. The van der Waals surface area contributed by atoms with Crippen molar-refractivity contribution in [2.24, 2.45) is 0 Å². The number of nitrogens with zero attached hydrogens (tertiary/aromatic N) is 2. The number of nitrogens with one attached hydrogen (secondary N) is 1. The number of carbonyl (C=O) groups excluding carboxylic acids is 1. The van der Waals surface area contributed by atoms with Crippen LogP contribution in [0.4, 0.5) is 11.5 Å². The van der Waals surface area contributed by atoms with Crippen LogP contribution in [-0.4, -0.2) is 10.9 Å². The van der Waals surface area contributed by atoms with Gasteiger partial charge in [-0.05, 0) is 30.3 Å². The number of rotatable bonds is 2. The van der Waals surface area contributed by atoms with Crippen LogP contribution in [0, 0.1) is 11.3 Å². The Hall–Kier alpha value is -2.10. The molecule has 0 saturated heterocycles. The third kappa shape index (κ3) is 3.07. The Morgan fingerprint density at radius 2 is 2.15 bits per heavy atom. The second-order valence-electron chi connectivity index (χ2n) is 3.82. The van der Waals surface area contributed by atoms with Crippen molar-refractivity contribution >= 4 is 44.9 Å². The number of benzene rings is 1. The fourth-order valence-electron chi connectivity index (χ4n) is 1.52. The number of anilines is 2.